The van der Waals surface area contributed by atoms with E-state index in [-0.39, 0.29) is 0 Å². The Kier molecular flexibility index (Phi) is 4.78. The first-order chi connectivity index (χ1) is 7.17. The van der Waals surface area contributed by atoms with Gasteiger partial charge in [-0.25, -0.2) is 0 Å². The molecule has 0 fully saturated rings. The van der Waals surface area contributed by atoms with Crippen LogP contribution in [0.15, 0.2) is 6.07 Å². The van der Waals surface area contributed by atoms with E-state index in [1.54, 1.807) is 0 Å². The molecule has 0 aliphatic rings. The quantitative estimate of drug-likeness (QED) is 0.761. The highest BCUT2D eigenvalue weighted by atomic mass is 15.3. The number of nitrogens with zero attached hydrogens (tertiary/aromatic N) is 3. The molecule has 1 aromatic heterocycles. The fraction of sp³-hybridized carbons (Fsp3) is 0.727. The number of aromatic nitrogens is 2. The van der Waals surface area contributed by atoms with E-state index in [1.165, 1.54) is 5.69 Å². The van der Waals surface area contributed by atoms with Crippen LogP contribution in [0.1, 0.15) is 24.7 Å². The molecule has 0 bridgehead atoms. The topological polar surface area (TPSA) is 47.1 Å². The van der Waals surface area contributed by atoms with E-state index in [1.807, 2.05) is 6.92 Å². The van der Waals surface area contributed by atoms with Crippen LogP contribution < -0.4 is 5.73 Å². The average Bonchev–Trinajstić information content (AvgIpc) is 2.47. The molecule has 0 aliphatic heterocycles. The van der Waals surface area contributed by atoms with Crippen LogP contribution in [0.3, 0.4) is 0 Å². The molecule has 1 aromatic rings. The molecule has 4 nitrogen and oxygen atoms in total. The van der Waals surface area contributed by atoms with Crippen molar-refractivity contribution in [3.8, 4) is 0 Å². The molecule has 0 saturated carbocycles. The minimum Gasteiger partial charge on any atom is -0.329 e. The van der Waals surface area contributed by atoms with Crippen molar-refractivity contribution in [1.29, 1.82) is 0 Å². The zero-order valence-corrected chi connectivity index (χ0v) is 10.0. The molecule has 0 atom stereocenters. The van der Waals surface area contributed by atoms with Crippen molar-refractivity contribution in [2.45, 2.75) is 33.4 Å². The lowest BCUT2D eigenvalue weighted by Crippen LogP contribution is -2.26. The van der Waals surface area contributed by atoms with Crippen molar-refractivity contribution < 1.29 is 0 Å². The van der Waals surface area contributed by atoms with Crippen molar-refractivity contribution in [3.63, 3.8) is 0 Å². The van der Waals surface area contributed by atoms with Gasteiger partial charge in [0, 0.05) is 26.2 Å². The molecule has 15 heavy (non-hydrogen) atoms. The van der Waals surface area contributed by atoms with Crippen LogP contribution in [-0.4, -0.2) is 34.8 Å². The van der Waals surface area contributed by atoms with Gasteiger partial charge in [-0.15, -0.1) is 0 Å². The van der Waals surface area contributed by atoms with Crippen LogP contribution in [0.25, 0.3) is 0 Å². The molecule has 0 amide bonds. The fourth-order valence-electron chi connectivity index (χ4n) is 1.71. The second-order valence-electron chi connectivity index (χ2n) is 4.03. The van der Waals surface area contributed by atoms with Gasteiger partial charge >= 0.3 is 0 Å². The maximum absolute atomic E-state index is 5.52. The Morgan fingerprint density at radius 3 is 2.87 bits per heavy atom. The highest BCUT2D eigenvalue weighted by Gasteiger charge is 2.06. The molecule has 0 unspecified atom stereocenters. The van der Waals surface area contributed by atoms with E-state index in [0.717, 1.165) is 31.7 Å². The molecule has 86 valence electrons. The van der Waals surface area contributed by atoms with E-state index >= 15 is 0 Å². The Hall–Kier alpha value is -0.870. The maximum atomic E-state index is 5.52. The third kappa shape index (κ3) is 3.64. The molecule has 0 aromatic carbocycles. The minimum atomic E-state index is 0.706. The lowest BCUT2D eigenvalue weighted by Gasteiger charge is -2.16. The standard InChI is InChI=1S/C11H22N4/c1-4-6-15-11(8-10(2)13-15)9-14(3)7-5-12/h8H,4-7,9,12H2,1-3H3. The molecule has 4 heteroatoms. The van der Waals surface area contributed by atoms with Crippen molar-refractivity contribution in [1.82, 2.24) is 14.7 Å². The van der Waals surface area contributed by atoms with Crippen molar-refractivity contribution in [2.75, 3.05) is 20.1 Å². The summed E-state index contributed by atoms with van der Waals surface area (Å²) in [5, 5.41) is 4.47. The molecule has 0 spiro atoms. The Labute approximate surface area is 92.1 Å². The summed E-state index contributed by atoms with van der Waals surface area (Å²) in [6.07, 6.45) is 1.12. The van der Waals surface area contributed by atoms with E-state index in [2.05, 4.69) is 34.7 Å². The molecule has 0 radical (unpaired) electrons. The van der Waals surface area contributed by atoms with Gasteiger partial charge in [0.1, 0.15) is 0 Å². The summed E-state index contributed by atoms with van der Waals surface area (Å²) >= 11 is 0. The van der Waals surface area contributed by atoms with Crippen LogP contribution >= 0.6 is 0 Å². The third-order valence-electron chi connectivity index (χ3n) is 2.36. The number of hydrogen-bond acceptors (Lipinski definition) is 3. The zero-order chi connectivity index (χ0) is 11.3. The highest BCUT2D eigenvalue weighted by molar-refractivity contribution is 5.08. The smallest absolute Gasteiger partial charge is 0.0597 e. The molecule has 2 N–H and O–H groups in total. The fourth-order valence-corrected chi connectivity index (χ4v) is 1.71. The molecule has 0 aliphatic carbocycles. The largest absolute Gasteiger partial charge is 0.329 e. The Balaban J connectivity index is 2.65. The Morgan fingerprint density at radius 2 is 2.27 bits per heavy atom. The van der Waals surface area contributed by atoms with Crippen LogP contribution in [0.5, 0.6) is 0 Å². The predicted octanol–water partition coefficient (Wildman–Crippen LogP) is 0.992. The van der Waals surface area contributed by atoms with Gasteiger partial charge in [0.15, 0.2) is 0 Å². The highest BCUT2D eigenvalue weighted by Crippen LogP contribution is 2.07. The Bertz CT molecular complexity index is 293. The van der Waals surface area contributed by atoms with Gasteiger partial charge in [-0.3, -0.25) is 9.58 Å². The van der Waals surface area contributed by atoms with Gasteiger partial charge in [0.25, 0.3) is 0 Å². The van der Waals surface area contributed by atoms with Gasteiger partial charge in [-0.2, -0.15) is 5.10 Å². The zero-order valence-electron chi connectivity index (χ0n) is 10.0. The molecular weight excluding hydrogens is 188 g/mol. The average molecular weight is 210 g/mol. The van der Waals surface area contributed by atoms with Crippen molar-refractivity contribution in [2.24, 2.45) is 5.73 Å². The predicted molar refractivity (Wildman–Crippen MR) is 62.6 cm³/mol. The van der Waals surface area contributed by atoms with Crippen LogP contribution in [0.2, 0.25) is 0 Å². The number of rotatable bonds is 6. The first-order valence-electron chi connectivity index (χ1n) is 5.59. The van der Waals surface area contributed by atoms with Crippen molar-refractivity contribution >= 4 is 0 Å². The summed E-state index contributed by atoms with van der Waals surface area (Å²) in [5.41, 5.74) is 7.90. The monoisotopic (exact) mass is 210 g/mol. The van der Waals surface area contributed by atoms with Gasteiger partial charge in [-0.05, 0) is 26.5 Å². The summed E-state index contributed by atoms with van der Waals surface area (Å²) in [6, 6.07) is 2.16. The summed E-state index contributed by atoms with van der Waals surface area (Å²) in [6.45, 7) is 7.77. The second kappa shape index (κ2) is 5.88. The number of likely N-dealkylation sites (N-methyl/N-ethyl adjacent to an activating group) is 1. The van der Waals surface area contributed by atoms with Crippen LogP contribution in [-0.2, 0) is 13.1 Å². The maximum Gasteiger partial charge on any atom is 0.0597 e. The van der Waals surface area contributed by atoms with Gasteiger partial charge in [0.2, 0.25) is 0 Å². The first kappa shape index (κ1) is 12.2. The van der Waals surface area contributed by atoms with Crippen molar-refractivity contribution in [3.05, 3.63) is 17.5 Å². The number of hydrogen-bond donors (Lipinski definition) is 1. The lowest BCUT2D eigenvalue weighted by atomic mass is 10.3. The first-order valence-corrected chi connectivity index (χ1v) is 5.59. The van der Waals surface area contributed by atoms with E-state index in [0.29, 0.717) is 6.54 Å². The molecular formula is C11H22N4. The summed E-state index contributed by atoms with van der Waals surface area (Å²) in [5.74, 6) is 0. The van der Waals surface area contributed by atoms with Crippen LogP contribution in [0.4, 0.5) is 0 Å². The molecule has 1 rings (SSSR count). The van der Waals surface area contributed by atoms with Gasteiger partial charge < -0.3 is 5.73 Å². The van der Waals surface area contributed by atoms with E-state index in [4.69, 9.17) is 5.73 Å². The Morgan fingerprint density at radius 1 is 1.53 bits per heavy atom. The lowest BCUT2D eigenvalue weighted by molar-refractivity contribution is 0.322. The normalized spacial score (nSPS) is 11.3. The SMILES string of the molecule is CCCn1nc(C)cc1CN(C)CCN. The summed E-state index contributed by atoms with van der Waals surface area (Å²) < 4.78 is 2.10. The number of nitrogens with two attached hydrogens (primary N) is 1. The van der Waals surface area contributed by atoms with E-state index in [9.17, 15) is 0 Å². The molecule has 1 heterocycles. The second-order valence-corrected chi connectivity index (χ2v) is 4.03. The van der Waals surface area contributed by atoms with Gasteiger partial charge in [-0.1, -0.05) is 6.92 Å². The molecule has 0 saturated heterocycles. The van der Waals surface area contributed by atoms with Crippen LogP contribution in [0, 0.1) is 6.92 Å². The third-order valence-corrected chi connectivity index (χ3v) is 2.36. The van der Waals surface area contributed by atoms with E-state index < -0.39 is 0 Å². The van der Waals surface area contributed by atoms with Gasteiger partial charge in [0.05, 0.1) is 11.4 Å². The number of aryl methyl sites for hydroxylation is 2. The summed E-state index contributed by atoms with van der Waals surface area (Å²) in [7, 11) is 2.09. The minimum absolute atomic E-state index is 0.706. The summed E-state index contributed by atoms with van der Waals surface area (Å²) in [4.78, 5) is 2.22.